The number of halogens is 4. The summed E-state index contributed by atoms with van der Waals surface area (Å²) in [6.45, 7) is 0. The Balaban J connectivity index is 2.98. The predicted octanol–water partition coefficient (Wildman–Crippen LogP) is 3.68. The second-order valence-corrected chi connectivity index (χ2v) is 6.43. The van der Waals surface area contributed by atoms with E-state index < -0.39 is 43.0 Å². The average Bonchev–Trinajstić information content (AvgIpc) is 2.44. The fraction of sp³-hybridized carbons (Fsp3) is 0.143. The summed E-state index contributed by atoms with van der Waals surface area (Å²) in [4.78, 5) is -0.687. The monoisotopic (exact) mass is 365 g/mol. The summed E-state index contributed by atoms with van der Waals surface area (Å²) in [5.41, 5.74) is -1.47. The van der Waals surface area contributed by atoms with Crippen LogP contribution in [0.5, 0.6) is 5.75 Å². The van der Waals surface area contributed by atoms with Crippen molar-refractivity contribution in [3.05, 3.63) is 47.0 Å². The van der Waals surface area contributed by atoms with E-state index in [9.17, 15) is 21.6 Å². The van der Waals surface area contributed by atoms with Crippen molar-refractivity contribution < 1.29 is 26.3 Å². The lowest BCUT2D eigenvalue weighted by Gasteiger charge is -2.19. The molecule has 0 aromatic heterocycles. The second kappa shape index (κ2) is 6.03. The molecular formula is C14H11ClF3NO3S. The van der Waals surface area contributed by atoms with Gasteiger partial charge in [0.2, 0.25) is 10.0 Å². The van der Waals surface area contributed by atoms with E-state index in [-0.39, 0.29) is 5.56 Å². The zero-order chi connectivity index (χ0) is 17.4. The third-order valence-corrected chi connectivity index (χ3v) is 4.52. The highest BCUT2D eigenvalue weighted by Crippen LogP contribution is 2.46. The largest absolute Gasteiger partial charge is 0.495 e. The zero-order valence-electron chi connectivity index (χ0n) is 11.7. The molecule has 2 aromatic carbocycles. The molecule has 23 heavy (non-hydrogen) atoms. The number of ether oxygens (including phenoxy) is 1. The predicted molar refractivity (Wildman–Crippen MR) is 79.8 cm³/mol. The van der Waals surface area contributed by atoms with Crippen LogP contribution in [-0.2, 0) is 16.2 Å². The Bertz CT molecular complexity index is 837. The molecule has 0 aliphatic heterocycles. The molecule has 0 saturated heterocycles. The molecule has 0 atom stereocenters. The number of hydrogen-bond donors (Lipinski definition) is 1. The first-order valence-corrected chi connectivity index (χ1v) is 8.05. The minimum Gasteiger partial charge on any atom is -0.495 e. The van der Waals surface area contributed by atoms with Crippen LogP contribution in [0.1, 0.15) is 5.56 Å². The molecule has 0 aliphatic rings. The van der Waals surface area contributed by atoms with Crippen LogP contribution >= 0.6 is 11.6 Å². The molecule has 9 heteroatoms. The molecule has 2 N–H and O–H groups in total. The van der Waals surface area contributed by atoms with Gasteiger partial charge in [-0.2, -0.15) is 13.2 Å². The van der Waals surface area contributed by atoms with Gasteiger partial charge < -0.3 is 4.74 Å². The van der Waals surface area contributed by atoms with Crippen molar-refractivity contribution in [2.45, 2.75) is 11.1 Å². The summed E-state index contributed by atoms with van der Waals surface area (Å²) in [5, 5.41) is 4.43. The number of methoxy groups -OCH3 is 1. The van der Waals surface area contributed by atoms with Crippen molar-refractivity contribution in [1.29, 1.82) is 0 Å². The maximum absolute atomic E-state index is 13.4. The van der Waals surface area contributed by atoms with Gasteiger partial charge in [-0.3, -0.25) is 0 Å². The maximum atomic E-state index is 13.4. The first-order chi connectivity index (χ1) is 10.6. The highest BCUT2D eigenvalue weighted by atomic mass is 35.5. The smallest absolute Gasteiger partial charge is 0.417 e. The van der Waals surface area contributed by atoms with E-state index in [1.54, 1.807) is 6.07 Å². The van der Waals surface area contributed by atoms with Crippen molar-refractivity contribution in [1.82, 2.24) is 0 Å². The number of hydrogen-bond acceptors (Lipinski definition) is 3. The molecule has 2 rings (SSSR count). The van der Waals surface area contributed by atoms with Crippen molar-refractivity contribution in [3.63, 3.8) is 0 Å². The van der Waals surface area contributed by atoms with Crippen molar-refractivity contribution in [2.75, 3.05) is 7.11 Å². The third kappa shape index (κ3) is 3.44. The Kier molecular flexibility index (Phi) is 4.61. The molecule has 0 radical (unpaired) electrons. The maximum Gasteiger partial charge on any atom is 0.417 e. The number of sulfonamides is 1. The molecule has 2 aromatic rings. The van der Waals surface area contributed by atoms with Crippen LogP contribution in [0.2, 0.25) is 5.02 Å². The standard InChI is InChI=1S/C14H11ClF3NO3S/c1-22-10-7-9(14(16,17)18)11(8-5-3-2-4-6-8)12(15)13(10)23(19,20)21/h2-7H,1H3,(H2,19,20,21). The van der Waals surface area contributed by atoms with Gasteiger partial charge in [-0.1, -0.05) is 41.9 Å². The van der Waals surface area contributed by atoms with E-state index in [2.05, 4.69) is 0 Å². The second-order valence-electron chi connectivity index (χ2n) is 4.55. The van der Waals surface area contributed by atoms with Crippen LogP contribution in [0.15, 0.2) is 41.3 Å². The highest BCUT2D eigenvalue weighted by Gasteiger charge is 2.38. The fourth-order valence-electron chi connectivity index (χ4n) is 2.14. The van der Waals surface area contributed by atoms with Gasteiger partial charge in [0.25, 0.3) is 0 Å². The first kappa shape index (κ1) is 17.6. The summed E-state index contributed by atoms with van der Waals surface area (Å²) in [6.07, 6.45) is -4.76. The highest BCUT2D eigenvalue weighted by molar-refractivity contribution is 7.89. The molecule has 0 amide bonds. The molecule has 0 spiro atoms. The van der Waals surface area contributed by atoms with E-state index in [0.717, 1.165) is 7.11 Å². The number of rotatable bonds is 3. The Morgan fingerprint density at radius 1 is 1.17 bits per heavy atom. The van der Waals surface area contributed by atoms with Gasteiger partial charge in [0.05, 0.1) is 17.7 Å². The Morgan fingerprint density at radius 2 is 1.74 bits per heavy atom. The molecule has 0 bridgehead atoms. The summed E-state index contributed by atoms with van der Waals surface area (Å²) in [5.74, 6) is -0.565. The van der Waals surface area contributed by atoms with Crippen molar-refractivity contribution >= 4 is 21.6 Å². The summed E-state index contributed by atoms with van der Waals surface area (Å²) in [6, 6.07) is 7.97. The van der Waals surface area contributed by atoms with Gasteiger partial charge in [0.1, 0.15) is 10.6 Å². The summed E-state index contributed by atoms with van der Waals surface area (Å²) in [7, 11) is -3.36. The molecule has 0 aliphatic carbocycles. The van der Waals surface area contributed by atoms with Crippen molar-refractivity contribution in [2.24, 2.45) is 5.14 Å². The molecular weight excluding hydrogens is 355 g/mol. The average molecular weight is 366 g/mol. The summed E-state index contributed by atoms with van der Waals surface area (Å²) < 4.78 is 68.2. The van der Waals surface area contributed by atoms with Crippen LogP contribution in [0.25, 0.3) is 11.1 Å². The van der Waals surface area contributed by atoms with Gasteiger partial charge in [0, 0.05) is 5.56 Å². The van der Waals surface area contributed by atoms with Gasteiger partial charge >= 0.3 is 6.18 Å². The molecule has 0 unspecified atom stereocenters. The number of primary sulfonamides is 1. The van der Waals surface area contributed by atoms with Crippen LogP contribution in [-0.4, -0.2) is 15.5 Å². The van der Waals surface area contributed by atoms with Crippen LogP contribution < -0.4 is 9.88 Å². The van der Waals surface area contributed by atoms with Gasteiger partial charge in [-0.05, 0) is 11.6 Å². The zero-order valence-corrected chi connectivity index (χ0v) is 13.3. The number of alkyl halides is 3. The third-order valence-electron chi connectivity index (χ3n) is 3.06. The molecule has 124 valence electrons. The quantitative estimate of drug-likeness (QED) is 0.902. The lowest BCUT2D eigenvalue weighted by Crippen LogP contribution is -2.17. The minimum atomic E-state index is -4.76. The van der Waals surface area contributed by atoms with Crippen LogP contribution in [0, 0.1) is 0 Å². The Hall–Kier alpha value is -1.77. The van der Waals surface area contributed by atoms with E-state index >= 15 is 0 Å². The molecule has 0 fully saturated rings. The van der Waals surface area contributed by atoms with Gasteiger partial charge in [-0.15, -0.1) is 0 Å². The lowest BCUT2D eigenvalue weighted by molar-refractivity contribution is -0.137. The van der Waals surface area contributed by atoms with Gasteiger partial charge in [-0.25, -0.2) is 13.6 Å². The first-order valence-electron chi connectivity index (χ1n) is 6.13. The topological polar surface area (TPSA) is 69.4 Å². The number of benzene rings is 2. The van der Waals surface area contributed by atoms with Gasteiger partial charge in [0.15, 0.2) is 0 Å². The van der Waals surface area contributed by atoms with E-state index in [0.29, 0.717) is 6.07 Å². The Labute approximate surface area is 135 Å². The molecule has 0 saturated carbocycles. The lowest BCUT2D eigenvalue weighted by atomic mass is 9.98. The molecule has 4 nitrogen and oxygen atoms in total. The molecule has 0 heterocycles. The van der Waals surface area contributed by atoms with E-state index in [4.69, 9.17) is 21.5 Å². The van der Waals surface area contributed by atoms with E-state index in [1.807, 2.05) is 0 Å². The minimum absolute atomic E-state index is 0.109. The normalized spacial score (nSPS) is 12.3. The Morgan fingerprint density at radius 3 is 2.17 bits per heavy atom. The SMILES string of the molecule is COc1cc(C(F)(F)F)c(-c2ccccc2)c(Cl)c1S(N)(=O)=O. The van der Waals surface area contributed by atoms with Crippen LogP contribution in [0.4, 0.5) is 13.2 Å². The summed E-state index contributed by atoms with van der Waals surface area (Å²) >= 11 is 5.98. The van der Waals surface area contributed by atoms with E-state index in [1.165, 1.54) is 24.3 Å². The van der Waals surface area contributed by atoms with Crippen LogP contribution in [0.3, 0.4) is 0 Å². The van der Waals surface area contributed by atoms with Crippen molar-refractivity contribution in [3.8, 4) is 16.9 Å². The number of nitrogens with two attached hydrogens (primary N) is 1. The fourth-order valence-corrected chi connectivity index (χ4v) is 3.54.